The van der Waals surface area contributed by atoms with Crippen molar-refractivity contribution in [3.05, 3.63) is 62.5 Å². The van der Waals surface area contributed by atoms with E-state index in [1.807, 2.05) is 0 Å². The first kappa shape index (κ1) is 22.0. The summed E-state index contributed by atoms with van der Waals surface area (Å²) in [7, 11) is 0. The van der Waals surface area contributed by atoms with Crippen molar-refractivity contribution in [3.8, 4) is 5.82 Å². The second-order valence-corrected chi connectivity index (χ2v) is 7.38. The maximum Gasteiger partial charge on any atom is 0.343 e. The number of nitrogens with zero attached hydrogens (tertiary/aromatic N) is 3. The van der Waals surface area contributed by atoms with Crippen molar-refractivity contribution < 1.29 is 32.2 Å². The summed E-state index contributed by atoms with van der Waals surface area (Å²) in [6.45, 7) is 1.48. The minimum atomic E-state index is -1.64. The molecule has 0 radical (unpaired) electrons. The summed E-state index contributed by atoms with van der Waals surface area (Å²) in [5.41, 5.74) is -2.06. The topological polar surface area (TPSA) is 84.7 Å². The van der Waals surface area contributed by atoms with Crippen LogP contribution in [0.15, 0.2) is 23.1 Å². The predicted octanol–water partition coefficient (Wildman–Crippen LogP) is 2.95. The average molecular weight is 472 g/mol. The third-order valence-electron chi connectivity index (χ3n) is 4.93. The standard InChI is InChI=1S/C20H14ClF4N3O4/c1-2-32-20(31)10-7-28(19-13(24)4-12(23)18(25)26-19)15-9(17(10)30)3-11(22)16(14(15)21)27-5-8(29)6-27/h3-4,7-8,29H,2,5-6H2,1H3. The molecule has 1 saturated heterocycles. The molecule has 32 heavy (non-hydrogen) atoms. The molecular formula is C20H14ClF4N3O4. The summed E-state index contributed by atoms with van der Waals surface area (Å²) in [5.74, 6) is -7.38. The lowest BCUT2D eigenvalue weighted by atomic mass is 10.1. The van der Waals surface area contributed by atoms with Gasteiger partial charge in [0.05, 0.1) is 34.3 Å². The van der Waals surface area contributed by atoms with Crippen molar-refractivity contribution in [1.29, 1.82) is 0 Å². The van der Waals surface area contributed by atoms with Gasteiger partial charge in [0.1, 0.15) is 11.4 Å². The van der Waals surface area contributed by atoms with Gasteiger partial charge in [0.25, 0.3) is 5.95 Å². The normalized spacial score (nSPS) is 14.0. The number of benzene rings is 1. The van der Waals surface area contributed by atoms with Crippen molar-refractivity contribution >= 4 is 34.2 Å². The Morgan fingerprint density at radius 2 is 1.91 bits per heavy atom. The van der Waals surface area contributed by atoms with Crippen LogP contribution in [0, 0.1) is 23.4 Å². The van der Waals surface area contributed by atoms with Crippen LogP contribution in [0.5, 0.6) is 0 Å². The van der Waals surface area contributed by atoms with E-state index in [-0.39, 0.29) is 42.0 Å². The number of anilines is 1. The fourth-order valence-corrected chi connectivity index (χ4v) is 3.86. The Morgan fingerprint density at radius 1 is 1.22 bits per heavy atom. The summed E-state index contributed by atoms with van der Waals surface area (Å²) >= 11 is 6.39. The highest BCUT2D eigenvalue weighted by atomic mass is 35.5. The van der Waals surface area contributed by atoms with Crippen molar-refractivity contribution in [2.24, 2.45) is 0 Å². The van der Waals surface area contributed by atoms with Crippen LogP contribution < -0.4 is 10.3 Å². The van der Waals surface area contributed by atoms with Gasteiger partial charge in [-0.25, -0.2) is 18.0 Å². The number of aliphatic hydroxyl groups excluding tert-OH is 1. The minimum Gasteiger partial charge on any atom is -0.462 e. The van der Waals surface area contributed by atoms with Crippen molar-refractivity contribution in [2.45, 2.75) is 13.0 Å². The summed E-state index contributed by atoms with van der Waals surface area (Å²) < 4.78 is 62.3. The fourth-order valence-electron chi connectivity index (χ4n) is 3.46. The number of aliphatic hydroxyl groups is 1. The number of pyridine rings is 2. The molecule has 0 aliphatic carbocycles. The number of halogens is 5. The molecule has 3 aromatic rings. The second-order valence-electron chi connectivity index (χ2n) is 7.00. The Labute approximate surface area is 182 Å². The molecule has 0 atom stereocenters. The number of hydrogen-bond donors (Lipinski definition) is 1. The molecule has 0 amide bonds. The zero-order valence-electron chi connectivity index (χ0n) is 16.3. The summed E-state index contributed by atoms with van der Waals surface area (Å²) in [5, 5.41) is 8.74. The molecule has 7 nitrogen and oxygen atoms in total. The van der Waals surface area contributed by atoms with Gasteiger partial charge >= 0.3 is 5.97 Å². The van der Waals surface area contributed by atoms with E-state index in [4.69, 9.17) is 16.3 Å². The van der Waals surface area contributed by atoms with Crippen molar-refractivity contribution in [1.82, 2.24) is 9.55 Å². The zero-order chi connectivity index (χ0) is 23.3. The highest BCUT2D eigenvalue weighted by Crippen LogP contribution is 2.38. The SMILES string of the molecule is CCOC(=O)c1cn(-c2nc(F)c(F)cc2F)c2c(Cl)c(N3CC(O)C3)c(F)cc2c1=O. The maximum absolute atomic E-state index is 14.9. The third kappa shape index (κ3) is 3.47. The van der Waals surface area contributed by atoms with Gasteiger partial charge < -0.3 is 14.7 Å². The van der Waals surface area contributed by atoms with Gasteiger partial charge in [-0.05, 0) is 13.0 Å². The van der Waals surface area contributed by atoms with E-state index >= 15 is 0 Å². The molecule has 1 aromatic carbocycles. The maximum atomic E-state index is 14.9. The smallest absolute Gasteiger partial charge is 0.343 e. The fraction of sp³-hybridized carbons (Fsp3) is 0.250. The predicted molar refractivity (Wildman–Crippen MR) is 106 cm³/mol. The van der Waals surface area contributed by atoms with Crippen LogP contribution in [0.25, 0.3) is 16.7 Å². The zero-order valence-corrected chi connectivity index (χ0v) is 17.1. The van der Waals surface area contributed by atoms with Gasteiger partial charge in [-0.2, -0.15) is 9.37 Å². The Kier molecular flexibility index (Phi) is 5.55. The van der Waals surface area contributed by atoms with E-state index in [2.05, 4.69) is 4.98 Å². The average Bonchev–Trinajstić information content (AvgIpc) is 2.70. The molecule has 12 heteroatoms. The molecular weight excluding hydrogens is 458 g/mol. The van der Waals surface area contributed by atoms with Crippen LogP contribution in [0.4, 0.5) is 23.2 Å². The number of ether oxygens (including phenoxy) is 1. The number of esters is 1. The van der Waals surface area contributed by atoms with Gasteiger partial charge in [0.2, 0.25) is 5.43 Å². The van der Waals surface area contributed by atoms with Crippen LogP contribution in [-0.4, -0.2) is 46.4 Å². The first-order valence-electron chi connectivity index (χ1n) is 9.33. The van der Waals surface area contributed by atoms with Crippen LogP contribution >= 0.6 is 11.6 Å². The van der Waals surface area contributed by atoms with E-state index in [0.717, 1.165) is 16.8 Å². The molecule has 0 unspecified atom stereocenters. The molecule has 3 heterocycles. The first-order chi connectivity index (χ1) is 15.1. The summed E-state index contributed by atoms with van der Waals surface area (Å²) in [6.07, 6.45) is 0.101. The molecule has 1 N–H and O–H groups in total. The Bertz CT molecular complexity index is 1320. The van der Waals surface area contributed by atoms with E-state index in [1.165, 1.54) is 11.8 Å². The molecule has 1 aliphatic heterocycles. The number of carbonyl (C=O) groups is 1. The lowest BCUT2D eigenvalue weighted by Crippen LogP contribution is -2.51. The van der Waals surface area contributed by atoms with Gasteiger partial charge in [-0.15, -0.1) is 0 Å². The van der Waals surface area contributed by atoms with Gasteiger partial charge in [0.15, 0.2) is 17.5 Å². The highest BCUT2D eigenvalue weighted by molar-refractivity contribution is 6.38. The van der Waals surface area contributed by atoms with E-state index in [0.29, 0.717) is 0 Å². The molecule has 0 spiro atoms. The van der Waals surface area contributed by atoms with Crippen LogP contribution in [0.3, 0.4) is 0 Å². The minimum absolute atomic E-state index is 0.0467. The number of hydrogen-bond acceptors (Lipinski definition) is 6. The van der Waals surface area contributed by atoms with Crippen LogP contribution in [-0.2, 0) is 4.74 Å². The quantitative estimate of drug-likeness (QED) is 0.358. The van der Waals surface area contributed by atoms with Gasteiger partial charge in [-0.1, -0.05) is 11.6 Å². The molecule has 168 valence electrons. The number of β-amino-alcohol motifs (C(OH)–C–C–N with tert-alkyl or cyclic N) is 1. The van der Waals surface area contributed by atoms with E-state index in [1.54, 1.807) is 0 Å². The Morgan fingerprint density at radius 3 is 2.53 bits per heavy atom. The largest absolute Gasteiger partial charge is 0.462 e. The number of carbonyl (C=O) groups excluding carboxylic acids is 1. The lowest BCUT2D eigenvalue weighted by molar-refractivity contribution is 0.0524. The molecule has 0 saturated carbocycles. The Balaban J connectivity index is 2.11. The van der Waals surface area contributed by atoms with Crippen molar-refractivity contribution in [2.75, 3.05) is 24.6 Å². The molecule has 2 aromatic heterocycles. The summed E-state index contributed by atoms with van der Waals surface area (Å²) in [4.78, 5) is 29.8. The number of aromatic nitrogens is 2. The van der Waals surface area contributed by atoms with Crippen molar-refractivity contribution in [3.63, 3.8) is 0 Å². The van der Waals surface area contributed by atoms with Gasteiger partial charge in [-0.3, -0.25) is 9.36 Å². The summed E-state index contributed by atoms with van der Waals surface area (Å²) in [6, 6.07) is 1.02. The molecule has 1 fully saturated rings. The van der Waals surface area contributed by atoms with E-state index in [9.17, 15) is 32.3 Å². The monoisotopic (exact) mass is 471 g/mol. The van der Waals surface area contributed by atoms with Crippen LogP contribution in [0.1, 0.15) is 17.3 Å². The van der Waals surface area contributed by atoms with E-state index < -0.39 is 57.7 Å². The molecule has 0 bridgehead atoms. The van der Waals surface area contributed by atoms with Gasteiger partial charge in [0, 0.05) is 25.4 Å². The first-order valence-corrected chi connectivity index (χ1v) is 9.71. The number of fused-ring (bicyclic) bond motifs is 1. The number of rotatable bonds is 4. The lowest BCUT2D eigenvalue weighted by Gasteiger charge is -2.38. The molecule has 4 rings (SSSR count). The molecule has 1 aliphatic rings. The Hall–Kier alpha value is -3.18. The van der Waals surface area contributed by atoms with Crippen LogP contribution in [0.2, 0.25) is 5.02 Å². The third-order valence-corrected chi connectivity index (χ3v) is 5.28. The highest BCUT2D eigenvalue weighted by Gasteiger charge is 2.32. The second kappa shape index (κ2) is 8.06.